The fourth-order valence-electron chi connectivity index (χ4n) is 1.81. The highest BCUT2D eigenvalue weighted by atomic mass is 35.5. The summed E-state index contributed by atoms with van der Waals surface area (Å²) in [4.78, 5) is 0. The summed E-state index contributed by atoms with van der Waals surface area (Å²) in [5.41, 5.74) is 0.953. The van der Waals surface area contributed by atoms with Gasteiger partial charge in [0.2, 0.25) is 0 Å². The van der Waals surface area contributed by atoms with Gasteiger partial charge >= 0.3 is 0 Å². The third-order valence-electron chi connectivity index (χ3n) is 2.46. The van der Waals surface area contributed by atoms with E-state index in [0.29, 0.717) is 31.3 Å². The van der Waals surface area contributed by atoms with Gasteiger partial charge in [-0.05, 0) is 32.4 Å². The van der Waals surface area contributed by atoms with Crippen molar-refractivity contribution in [2.45, 2.75) is 33.2 Å². The molecule has 4 heteroatoms. The van der Waals surface area contributed by atoms with Crippen molar-refractivity contribution in [3.8, 4) is 0 Å². The minimum Gasteiger partial charge on any atom is -0.327 e. The molecule has 0 fully saturated rings. The van der Waals surface area contributed by atoms with Crippen LogP contribution >= 0.6 is 11.6 Å². The Hall–Kier alpha value is -0.610. The summed E-state index contributed by atoms with van der Waals surface area (Å²) in [7, 11) is 0. The Morgan fingerprint density at radius 3 is 1.89 bits per heavy atom. The van der Waals surface area contributed by atoms with Crippen LogP contribution in [0.2, 0.25) is 5.02 Å². The molecule has 0 saturated carbocycles. The van der Waals surface area contributed by atoms with Crippen LogP contribution in [-0.2, 0) is 20.6 Å². The van der Waals surface area contributed by atoms with Gasteiger partial charge in [0.05, 0.1) is 6.42 Å². The Balaban J connectivity index is 2.91. The number of hydrogen-bond donors (Lipinski definition) is 0. The Bertz CT molecular complexity index is 338. The SMILES string of the molecule is CCOC(Cc1ccccc1Cl)(OCC)OCC. The van der Waals surface area contributed by atoms with Gasteiger partial charge in [0, 0.05) is 24.8 Å². The zero-order valence-electron chi connectivity index (χ0n) is 11.2. The van der Waals surface area contributed by atoms with Crippen molar-refractivity contribution in [3.05, 3.63) is 34.9 Å². The molecular weight excluding hydrogens is 252 g/mol. The lowest BCUT2D eigenvalue weighted by Gasteiger charge is -2.32. The van der Waals surface area contributed by atoms with Gasteiger partial charge in [0.15, 0.2) is 0 Å². The summed E-state index contributed by atoms with van der Waals surface area (Å²) < 4.78 is 17.0. The molecule has 3 nitrogen and oxygen atoms in total. The van der Waals surface area contributed by atoms with E-state index in [1.54, 1.807) is 0 Å². The fourth-order valence-corrected chi connectivity index (χ4v) is 2.02. The third kappa shape index (κ3) is 4.25. The minimum absolute atomic E-state index is 0.474. The number of rotatable bonds is 8. The maximum atomic E-state index is 6.16. The molecule has 0 aliphatic rings. The monoisotopic (exact) mass is 272 g/mol. The maximum absolute atomic E-state index is 6.16. The van der Waals surface area contributed by atoms with Gasteiger partial charge in [-0.3, -0.25) is 0 Å². The molecule has 0 heterocycles. The first-order chi connectivity index (χ1) is 8.67. The summed E-state index contributed by atoms with van der Waals surface area (Å²) >= 11 is 6.16. The lowest BCUT2D eigenvalue weighted by Crippen LogP contribution is -2.41. The molecule has 0 aliphatic carbocycles. The highest BCUT2D eigenvalue weighted by Gasteiger charge is 2.33. The normalized spacial score (nSPS) is 11.8. The lowest BCUT2D eigenvalue weighted by molar-refractivity contribution is -0.376. The lowest BCUT2D eigenvalue weighted by atomic mass is 10.1. The number of halogens is 1. The van der Waals surface area contributed by atoms with Gasteiger partial charge < -0.3 is 14.2 Å². The van der Waals surface area contributed by atoms with E-state index in [1.165, 1.54) is 0 Å². The Labute approximate surface area is 114 Å². The van der Waals surface area contributed by atoms with Crippen LogP contribution in [0.1, 0.15) is 26.3 Å². The molecule has 1 rings (SSSR count). The smallest absolute Gasteiger partial charge is 0.287 e. The minimum atomic E-state index is -1.04. The van der Waals surface area contributed by atoms with Gasteiger partial charge in [0.1, 0.15) is 0 Å². The van der Waals surface area contributed by atoms with E-state index in [0.717, 1.165) is 5.56 Å². The highest BCUT2D eigenvalue weighted by molar-refractivity contribution is 6.31. The van der Waals surface area contributed by atoms with Gasteiger partial charge in [-0.25, -0.2) is 0 Å². The van der Waals surface area contributed by atoms with Crippen LogP contribution in [-0.4, -0.2) is 25.8 Å². The van der Waals surface area contributed by atoms with Gasteiger partial charge in [0.25, 0.3) is 5.97 Å². The van der Waals surface area contributed by atoms with Crippen molar-refractivity contribution in [3.63, 3.8) is 0 Å². The molecule has 18 heavy (non-hydrogen) atoms. The average molecular weight is 273 g/mol. The number of hydrogen-bond acceptors (Lipinski definition) is 3. The second-order valence-corrected chi connectivity index (χ2v) is 4.16. The van der Waals surface area contributed by atoms with E-state index in [9.17, 15) is 0 Å². The van der Waals surface area contributed by atoms with Crippen LogP contribution in [0.25, 0.3) is 0 Å². The van der Waals surface area contributed by atoms with Crippen LogP contribution < -0.4 is 0 Å². The topological polar surface area (TPSA) is 27.7 Å². The molecule has 0 saturated heterocycles. The predicted octanol–water partition coefficient (Wildman–Crippen LogP) is 3.65. The van der Waals surface area contributed by atoms with Gasteiger partial charge in [-0.15, -0.1) is 0 Å². The molecule has 0 radical (unpaired) electrons. The van der Waals surface area contributed by atoms with E-state index in [-0.39, 0.29) is 0 Å². The van der Waals surface area contributed by atoms with Crippen LogP contribution in [0.5, 0.6) is 0 Å². The summed E-state index contributed by atoms with van der Waals surface area (Å²) in [6.45, 7) is 7.30. The van der Waals surface area contributed by atoms with E-state index < -0.39 is 5.97 Å². The molecule has 0 N–H and O–H groups in total. The van der Waals surface area contributed by atoms with E-state index in [1.807, 2.05) is 45.0 Å². The van der Waals surface area contributed by atoms with Gasteiger partial charge in [-0.1, -0.05) is 29.8 Å². The molecule has 1 aromatic carbocycles. The first-order valence-electron chi connectivity index (χ1n) is 6.32. The van der Waals surface area contributed by atoms with Crippen LogP contribution in [0.15, 0.2) is 24.3 Å². The summed E-state index contributed by atoms with van der Waals surface area (Å²) in [5.74, 6) is -1.04. The highest BCUT2D eigenvalue weighted by Crippen LogP contribution is 2.26. The van der Waals surface area contributed by atoms with Crippen LogP contribution in [0.4, 0.5) is 0 Å². The van der Waals surface area contributed by atoms with Crippen molar-refractivity contribution in [2.24, 2.45) is 0 Å². The summed E-state index contributed by atoms with van der Waals surface area (Å²) in [5, 5.41) is 0.695. The van der Waals surface area contributed by atoms with Crippen LogP contribution in [0, 0.1) is 0 Å². The molecule has 0 bridgehead atoms. The molecule has 0 atom stereocenters. The standard InChI is InChI=1S/C14H21ClO3/c1-4-16-14(17-5-2,18-6-3)11-12-9-7-8-10-13(12)15/h7-10H,4-6,11H2,1-3H3. The first-order valence-corrected chi connectivity index (χ1v) is 6.70. The summed E-state index contributed by atoms with van der Waals surface area (Å²) in [6, 6.07) is 7.64. The molecule has 102 valence electrons. The molecule has 0 unspecified atom stereocenters. The number of benzene rings is 1. The van der Waals surface area contributed by atoms with Crippen molar-refractivity contribution < 1.29 is 14.2 Å². The predicted molar refractivity (Wildman–Crippen MR) is 72.8 cm³/mol. The largest absolute Gasteiger partial charge is 0.327 e. The summed E-state index contributed by atoms with van der Waals surface area (Å²) in [6.07, 6.45) is 0.474. The van der Waals surface area contributed by atoms with E-state index >= 15 is 0 Å². The zero-order valence-corrected chi connectivity index (χ0v) is 12.0. The van der Waals surface area contributed by atoms with Crippen molar-refractivity contribution in [1.29, 1.82) is 0 Å². The Kier molecular flexibility index (Phi) is 6.65. The second kappa shape index (κ2) is 7.74. The fraction of sp³-hybridized carbons (Fsp3) is 0.571. The van der Waals surface area contributed by atoms with Crippen LogP contribution in [0.3, 0.4) is 0 Å². The molecule has 0 amide bonds. The molecule has 1 aromatic rings. The maximum Gasteiger partial charge on any atom is 0.287 e. The van der Waals surface area contributed by atoms with Gasteiger partial charge in [-0.2, -0.15) is 0 Å². The van der Waals surface area contributed by atoms with Crippen molar-refractivity contribution >= 4 is 11.6 Å². The quantitative estimate of drug-likeness (QED) is 0.676. The Morgan fingerprint density at radius 2 is 1.44 bits per heavy atom. The number of ether oxygens (including phenoxy) is 3. The first kappa shape index (κ1) is 15.4. The molecule has 0 spiro atoms. The van der Waals surface area contributed by atoms with E-state index in [4.69, 9.17) is 25.8 Å². The molecule has 0 aromatic heterocycles. The second-order valence-electron chi connectivity index (χ2n) is 3.75. The third-order valence-corrected chi connectivity index (χ3v) is 2.83. The van der Waals surface area contributed by atoms with E-state index in [2.05, 4.69) is 0 Å². The molecular formula is C14H21ClO3. The Morgan fingerprint density at radius 1 is 0.944 bits per heavy atom. The van der Waals surface area contributed by atoms with Crippen molar-refractivity contribution in [2.75, 3.05) is 19.8 Å². The van der Waals surface area contributed by atoms with Crippen molar-refractivity contribution in [1.82, 2.24) is 0 Å². The average Bonchev–Trinajstić information content (AvgIpc) is 2.33. The zero-order chi connectivity index (χ0) is 13.4. The molecule has 0 aliphatic heterocycles.